The molecule has 0 rings (SSSR count). The number of carbonyl (C=O) groups is 1. The Balaban J connectivity index is 3.25. The van der Waals surface area contributed by atoms with E-state index in [1.807, 2.05) is 13.1 Å². The molecule has 0 aromatic heterocycles. The molecule has 0 amide bonds. The molecule has 47 valence electrons. The van der Waals surface area contributed by atoms with Gasteiger partial charge in [0.05, 0.1) is 0 Å². The van der Waals surface area contributed by atoms with Crippen molar-refractivity contribution in [1.29, 1.82) is 0 Å². The maximum absolute atomic E-state index is 10.3. The minimum Gasteiger partial charge on any atom is -0.517 e. The molecule has 0 aliphatic carbocycles. The van der Waals surface area contributed by atoms with Crippen molar-refractivity contribution in [3.63, 3.8) is 0 Å². The molecule has 0 unspecified atom stereocenters. The molecular formula is C4H8ClO2Si. The van der Waals surface area contributed by atoms with Gasteiger partial charge in [-0.3, -0.25) is 4.79 Å². The van der Waals surface area contributed by atoms with E-state index in [9.17, 15) is 4.79 Å². The minimum atomic E-state index is -0.880. The molecule has 0 aromatic rings. The van der Waals surface area contributed by atoms with E-state index in [0.717, 1.165) is 0 Å². The lowest BCUT2D eigenvalue weighted by Crippen LogP contribution is -2.15. The number of hydrogen-bond donors (Lipinski definition) is 0. The van der Waals surface area contributed by atoms with Crippen molar-refractivity contribution in [2.45, 2.75) is 13.1 Å². The molecule has 0 heterocycles. The third-order valence-corrected chi connectivity index (χ3v) is 1.28. The lowest BCUT2D eigenvalue weighted by Gasteiger charge is -2.01. The average molecular weight is 152 g/mol. The van der Waals surface area contributed by atoms with Gasteiger partial charge in [0.15, 0.2) is 0 Å². The molecule has 0 aliphatic rings. The molecule has 0 bridgehead atoms. The van der Waals surface area contributed by atoms with Gasteiger partial charge < -0.3 is 4.43 Å². The molecule has 0 saturated heterocycles. The van der Waals surface area contributed by atoms with Crippen LogP contribution in [0.3, 0.4) is 0 Å². The van der Waals surface area contributed by atoms with Gasteiger partial charge in [0.1, 0.15) is 5.88 Å². The second-order valence-electron chi connectivity index (χ2n) is 1.52. The first-order valence-corrected chi connectivity index (χ1v) is 5.18. The van der Waals surface area contributed by atoms with Crippen LogP contribution in [0.15, 0.2) is 0 Å². The van der Waals surface area contributed by atoms with Crippen LogP contribution in [0.5, 0.6) is 0 Å². The van der Waals surface area contributed by atoms with E-state index < -0.39 is 9.04 Å². The fourth-order valence-corrected chi connectivity index (χ4v) is 0.929. The van der Waals surface area contributed by atoms with Crippen LogP contribution in [0, 0.1) is 0 Å². The highest BCUT2D eigenvalue weighted by atomic mass is 35.5. The standard InChI is InChI=1S/C4H8ClO2Si/c1-8(2)7-4(6)3-5/h3H2,1-2H3. The van der Waals surface area contributed by atoms with Gasteiger partial charge >= 0.3 is 5.97 Å². The normalized spacial score (nSPS) is 9.50. The van der Waals surface area contributed by atoms with E-state index >= 15 is 0 Å². The van der Waals surface area contributed by atoms with Crippen LogP contribution in [0.25, 0.3) is 0 Å². The van der Waals surface area contributed by atoms with Crippen LogP contribution in [0.4, 0.5) is 0 Å². The number of rotatable bonds is 2. The van der Waals surface area contributed by atoms with Gasteiger partial charge in [-0.05, 0) is 13.1 Å². The average Bonchev–Trinajstić information content (AvgIpc) is 1.65. The van der Waals surface area contributed by atoms with Gasteiger partial charge in [-0.2, -0.15) is 0 Å². The quantitative estimate of drug-likeness (QED) is 0.435. The number of halogens is 1. The van der Waals surface area contributed by atoms with Crippen LogP contribution in [0.1, 0.15) is 0 Å². The minimum absolute atomic E-state index is 0.0319. The summed E-state index contributed by atoms with van der Waals surface area (Å²) in [5, 5.41) is 0. The second-order valence-corrected chi connectivity index (χ2v) is 3.80. The largest absolute Gasteiger partial charge is 0.517 e. The molecule has 0 atom stereocenters. The van der Waals surface area contributed by atoms with Gasteiger partial charge in [-0.1, -0.05) is 0 Å². The molecule has 2 nitrogen and oxygen atoms in total. The first-order valence-electron chi connectivity index (χ1n) is 2.23. The van der Waals surface area contributed by atoms with Crippen molar-refractivity contribution < 1.29 is 9.22 Å². The summed E-state index contributed by atoms with van der Waals surface area (Å²) in [5.74, 6) is -0.346. The van der Waals surface area contributed by atoms with Crippen LogP contribution < -0.4 is 0 Å². The Bertz CT molecular complexity index is 84.1. The Morgan fingerprint density at radius 2 is 2.25 bits per heavy atom. The van der Waals surface area contributed by atoms with Gasteiger partial charge in [-0.15, -0.1) is 11.6 Å². The van der Waals surface area contributed by atoms with Crippen LogP contribution >= 0.6 is 11.6 Å². The zero-order valence-corrected chi connectivity index (χ0v) is 6.66. The fourth-order valence-electron chi connectivity index (χ4n) is 0.255. The SMILES string of the molecule is C[Si](C)OC(=O)CCl. The topological polar surface area (TPSA) is 26.3 Å². The molecule has 0 saturated carbocycles. The van der Waals surface area contributed by atoms with Crippen molar-refractivity contribution >= 4 is 26.6 Å². The summed E-state index contributed by atoms with van der Waals surface area (Å²) in [7, 11) is -0.880. The Labute approximate surface area is 55.5 Å². The van der Waals surface area contributed by atoms with Crippen LogP contribution in [-0.4, -0.2) is 20.9 Å². The molecule has 0 N–H and O–H groups in total. The third kappa shape index (κ3) is 4.14. The number of carbonyl (C=O) groups excluding carboxylic acids is 1. The first kappa shape index (κ1) is 7.98. The molecule has 8 heavy (non-hydrogen) atoms. The van der Waals surface area contributed by atoms with Crippen molar-refractivity contribution in [2.24, 2.45) is 0 Å². The summed E-state index contributed by atoms with van der Waals surface area (Å²) in [6.45, 7) is 3.77. The number of alkyl halides is 1. The van der Waals surface area contributed by atoms with E-state index in [-0.39, 0.29) is 11.8 Å². The second kappa shape index (κ2) is 3.92. The fraction of sp³-hybridized carbons (Fsp3) is 0.750. The van der Waals surface area contributed by atoms with E-state index in [4.69, 9.17) is 16.0 Å². The summed E-state index contributed by atoms with van der Waals surface area (Å²) in [6.07, 6.45) is 0. The monoisotopic (exact) mass is 151 g/mol. The highest BCUT2D eigenvalue weighted by Gasteiger charge is 2.03. The zero-order chi connectivity index (χ0) is 6.57. The molecule has 0 fully saturated rings. The van der Waals surface area contributed by atoms with Crippen LogP contribution in [0.2, 0.25) is 13.1 Å². The maximum Gasteiger partial charge on any atom is 0.307 e. The summed E-state index contributed by atoms with van der Waals surface area (Å²) in [4.78, 5) is 10.3. The highest BCUT2D eigenvalue weighted by Crippen LogP contribution is 1.86. The zero-order valence-electron chi connectivity index (χ0n) is 4.90. The van der Waals surface area contributed by atoms with Crippen molar-refractivity contribution in [3.05, 3.63) is 0 Å². The first-order chi connectivity index (χ1) is 3.66. The lowest BCUT2D eigenvalue weighted by atomic mass is 10.8. The highest BCUT2D eigenvalue weighted by molar-refractivity contribution is 6.51. The number of hydrogen-bond acceptors (Lipinski definition) is 2. The van der Waals surface area contributed by atoms with E-state index in [0.29, 0.717) is 0 Å². The smallest absolute Gasteiger partial charge is 0.307 e. The maximum atomic E-state index is 10.3. The van der Waals surface area contributed by atoms with Crippen molar-refractivity contribution in [1.82, 2.24) is 0 Å². The van der Waals surface area contributed by atoms with Crippen molar-refractivity contribution in [3.8, 4) is 0 Å². The molecular weight excluding hydrogens is 144 g/mol. The molecule has 4 heteroatoms. The summed E-state index contributed by atoms with van der Waals surface area (Å²) < 4.78 is 4.73. The van der Waals surface area contributed by atoms with E-state index in [1.165, 1.54) is 0 Å². The summed E-state index contributed by atoms with van der Waals surface area (Å²) in [5.41, 5.74) is 0. The van der Waals surface area contributed by atoms with Gasteiger partial charge in [0.2, 0.25) is 0 Å². The molecule has 0 aromatic carbocycles. The van der Waals surface area contributed by atoms with E-state index in [1.54, 1.807) is 0 Å². The van der Waals surface area contributed by atoms with Crippen LogP contribution in [-0.2, 0) is 9.22 Å². The Morgan fingerprint density at radius 3 is 2.38 bits per heavy atom. The van der Waals surface area contributed by atoms with Gasteiger partial charge in [0.25, 0.3) is 9.04 Å². The third-order valence-electron chi connectivity index (χ3n) is 0.427. The lowest BCUT2D eigenvalue weighted by molar-refractivity contribution is -0.131. The Kier molecular flexibility index (Phi) is 3.91. The predicted octanol–water partition coefficient (Wildman–Crippen LogP) is 1.02. The van der Waals surface area contributed by atoms with Gasteiger partial charge in [-0.25, -0.2) is 0 Å². The molecule has 1 radical (unpaired) electrons. The summed E-state index contributed by atoms with van der Waals surface area (Å²) in [6, 6.07) is 0. The molecule has 0 aliphatic heterocycles. The molecule has 0 spiro atoms. The van der Waals surface area contributed by atoms with Crippen molar-refractivity contribution in [2.75, 3.05) is 5.88 Å². The Hall–Kier alpha value is -0.0231. The predicted molar refractivity (Wildman–Crippen MR) is 34.3 cm³/mol. The van der Waals surface area contributed by atoms with E-state index in [2.05, 4.69) is 0 Å². The Morgan fingerprint density at radius 1 is 1.75 bits per heavy atom. The van der Waals surface area contributed by atoms with Gasteiger partial charge in [0, 0.05) is 0 Å². The summed E-state index contributed by atoms with van der Waals surface area (Å²) >= 11 is 5.14.